The predicted octanol–water partition coefficient (Wildman–Crippen LogP) is 4.22. The molecular formula is C27H35N5OS. The van der Waals surface area contributed by atoms with Crippen LogP contribution in [0.15, 0.2) is 60.0 Å². The molecular weight excluding hydrogens is 442 g/mol. The van der Waals surface area contributed by atoms with Crippen molar-refractivity contribution in [1.82, 2.24) is 19.8 Å². The third-order valence-corrected chi connectivity index (χ3v) is 7.45. The average Bonchev–Trinajstić information content (AvgIpc) is 3.31. The lowest BCUT2D eigenvalue weighted by Gasteiger charge is -2.36. The number of carbonyl (C=O) groups is 1. The minimum Gasteiger partial charge on any atom is -0.369 e. The van der Waals surface area contributed by atoms with Crippen LogP contribution in [-0.4, -0.2) is 65.4 Å². The van der Waals surface area contributed by atoms with Gasteiger partial charge < -0.3 is 10.2 Å². The van der Waals surface area contributed by atoms with Gasteiger partial charge in [-0.2, -0.15) is 0 Å². The summed E-state index contributed by atoms with van der Waals surface area (Å²) >= 11 is 1.48. The van der Waals surface area contributed by atoms with Crippen LogP contribution in [0.2, 0.25) is 0 Å². The van der Waals surface area contributed by atoms with E-state index in [-0.39, 0.29) is 5.91 Å². The van der Waals surface area contributed by atoms with Crippen molar-refractivity contribution >= 4 is 23.4 Å². The molecule has 1 N–H and O–H groups in total. The van der Waals surface area contributed by atoms with Crippen LogP contribution < -0.4 is 10.2 Å². The predicted molar refractivity (Wildman–Crippen MR) is 141 cm³/mol. The molecule has 0 atom stereocenters. The molecule has 4 rings (SSSR count). The number of hydrogen-bond donors (Lipinski definition) is 1. The zero-order valence-electron chi connectivity index (χ0n) is 20.5. The molecule has 1 aromatic heterocycles. The van der Waals surface area contributed by atoms with E-state index in [0.717, 1.165) is 50.0 Å². The van der Waals surface area contributed by atoms with E-state index in [2.05, 4.69) is 87.9 Å². The van der Waals surface area contributed by atoms with Gasteiger partial charge >= 0.3 is 0 Å². The summed E-state index contributed by atoms with van der Waals surface area (Å²) in [5.74, 6) is 0.432. The minimum absolute atomic E-state index is 0.0600. The molecule has 3 aromatic rings. The molecule has 6 nitrogen and oxygen atoms in total. The number of hydrogen-bond acceptors (Lipinski definition) is 5. The van der Waals surface area contributed by atoms with Gasteiger partial charge in [0.05, 0.1) is 11.4 Å². The first-order valence-electron chi connectivity index (χ1n) is 12.0. The van der Waals surface area contributed by atoms with Gasteiger partial charge in [-0.25, -0.2) is 4.98 Å². The Balaban J connectivity index is 1.15. The summed E-state index contributed by atoms with van der Waals surface area (Å²) in [7, 11) is 0. The molecule has 7 heteroatoms. The first-order valence-corrected chi connectivity index (χ1v) is 13.0. The number of carbonyl (C=O) groups excluding carboxylic acids is 1. The molecule has 1 fully saturated rings. The summed E-state index contributed by atoms with van der Waals surface area (Å²) in [6, 6.07) is 15.0. The van der Waals surface area contributed by atoms with Crippen molar-refractivity contribution in [3.8, 4) is 5.69 Å². The number of amides is 1. The molecule has 2 heterocycles. The van der Waals surface area contributed by atoms with Crippen molar-refractivity contribution in [2.75, 3.05) is 49.9 Å². The zero-order valence-corrected chi connectivity index (χ0v) is 21.3. The number of rotatable bonds is 9. The number of anilines is 1. The topological polar surface area (TPSA) is 53.4 Å². The van der Waals surface area contributed by atoms with E-state index < -0.39 is 0 Å². The number of nitrogens with zero attached hydrogens (tertiary/aromatic N) is 4. The highest BCUT2D eigenvalue weighted by Crippen LogP contribution is 2.24. The second-order valence-corrected chi connectivity index (χ2v) is 9.90. The van der Waals surface area contributed by atoms with Gasteiger partial charge in [0.2, 0.25) is 5.91 Å². The number of nitrogens with one attached hydrogen (secondary N) is 1. The Hall–Kier alpha value is -2.77. The molecule has 180 valence electrons. The highest BCUT2D eigenvalue weighted by Gasteiger charge is 2.17. The van der Waals surface area contributed by atoms with Crippen LogP contribution in [0.1, 0.15) is 23.1 Å². The monoisotopic (exact) mass is 477 g/mol. The molecule has 0 radical (unpaired) electrons. The maximum atomic E-state index is 12.4. The SMILES string of the molecule is Cc1cccc(N2CCN(CCCNC(=O)CSc3nccn3-c3cccc(C)c3C)CC2)c1. The number of piperazine rings is 1. The summed E-state index contributed by atoms with van der Waals surface area (Å²) < 4.78 is 2.07. The van der Waals surface area contributed by atoms with Gasteiger partial charge in [0, 0.05) is 50.8 Å². The number of thioether (sulfide) groups is 1. The molecule has 1 amide bonds. The van der Waals surface area contributed by atoms with Gasteiger partial charge in [-0.15, -0.1) is 0 Å². The standard InChI is InChI=1S/C27H35N5OS/c1-21-7-4-9-24(19-21)31-17-15-30(16-18-31)13-6-11-28-26(33)20-34-27-29-12-14-32(27)25-10-5-8-22(2)23(25)3/h4-5,7-10,12,14,19H,6,11,13,15-18,20H2,1-3H3,(H,28,33). The first-order chi connectivity index (χ1) is 16.5. The summed E-state index contributed by atoms with van der Waals surface area (Å²) in [6.45, 7) is 12.4. The second-order valence-electron chi connectivity index (χ2n) is 8.96. The van der Waals surface area contributed by atoms with E-state index in [1.165, 1.54) is 34.1 Å². The van der Waals surface area contributed by atoms with Crippen LogP contribution in [0.5, 0.6) is 0 Å². The lowest BCUT2D eigenvalue weighted by Crippen LogP contribution is -2.47. The number of aromatic nitrogens is 2. The largest absolute Gasteiger partial charge is 0.369 e. The molecule has 1 saturated heterocycles. The third kappa shape index (κ3) is 6.21. The Bertz CT molecular complexity index is 1100. The van der Waals surface area contributed by atoms with Crippen molar-refractivity contribution in [2.45, 2.75) is 32.3 Å². The minimum atomic E-state index is 0.0600. The second kappa shape index (κ2) is 11.6. The molecule has 34 heavy (non-hydrogen) atoms. The van der Waals surface area contributed by atoms with Crippen LogP contribution >= 0.6 is 11.8 Å². The normalized spacial score (nSPS) is 14.4. The number of imidazole rings is 1. The maximum Gasteiger partial charge on any atom is 0.230 e. The molecule has 0 aliphatic carbocycles. The van der Waals surface area contributed by atoms with Crippen LogP contribution in [0.4, 0.5) is 5.69 Å². The Kier molecular flexibility index (Phi) is 8.29. The van der Waals surface area contributed by atoms with Gasteiger partial charge in [-0.1, -0.05) is 36.0 Å². The fourth-order valence-corrected chi connectivity index (χ4v) is 5.14. The van der Waals surface area contributed by atoms with E-state index in [1.807, 2.05) is 6.20 Å². The quantitative estimate of drug-likeness (QED) is 0.369. The highest BCUT2D eigenvalue weighted by atomic mass is 32.2. The first kappa shape index (κ1) is 24.4. The summed E-state index contributed by atoms with van der Waals surface area (Å²) in [5, 5.41) is 3.91. The Morgan fingerprint density at radius 2 is 1.85 bits per heavy atom. The van der Waals surface area contributed by atoms with Gasteiger partial charge in [-0.3, -0.25) is 14.3 Å². The van der Waals surface area contributed by atoms with Crippen LogP contribution in [0.3, 0.4) is 0 Å². The molecule has 2 aromatic carbocycles. The Morgan fingerprint density at radius 1 is 1.06 bits per heavy atom. The summed E-state index contributed by atoms with van der Waals surface area (Å²) in [4.78, 5) is 21.8. The van der Waals surface area contributed by atoms with E-state index in [0.29, 0.717) is 12.3 Å². The van der Waals surface area contributed by atoms with Gasteiger partial charge in [0.25, 0.3) is 0 Å². The van der Waals surface area contributed by atoms with Gasteiger partial charge in [-0.05, 0) is 68.6 Å². The van der Waals surface area contributed by atoms with Crippen molar-refractivity contribution < 1.29 is 4.79 Å². The maximum absolute atomic E-state index is 12.4. The lowest BCUT2D eigenvalue weighted by atomic mass is 10.1. The molecule has 0 spiro atoms. The third-order valence-electron chi connectivity index (χ3n) is 6.49. The summed E-state index contributed by atoms with van der Waals surface area (Å²) in [5.41, 5.74) is 6.22. The smallest absolute Gasteiger partial charge is 0.230 e. The van der Waals surface area contributed by atoms with Crippen LogP contribution in [0, 0.1) is 20.8 Å². The number of benzene rings is 2. The van der Waals surface area contributed by atoms with Crippen LogP contribution in [0.25, 0.3) is 5.69 Å². The molecule has 1 aliphatic heterocycles. The zero-order chi connectivity index (χ0) is 23.9. The highest BCUT2D eigenvalue weighted by molar-refractivity contribution is 7.99. The van der Waals surface area contributed by atoms with Crippen LogP contribution in [-0.2, 0) is 4.79 Å². The molecule has 0 bridgehead atoms. The Morgan fingerprint density at radius 3 is 2.65 bits per heavy atom. The van der Waals surface area contributed by atoms with E-state index in [4.69, 9.17) is 0 Å². The van der Waals surface area contributed by atoms with Crippen molar-refractivity contribution in [1.29, 1.82) is 0 Å². The molecule has 0 unspecified atom stereocenters. The van der Waals surface area contributed by atoms with Gasteiger partial charge in [0.1, 0.15) is 0 Å². The lowest BCUT2D eigenvalue weighted by molar-refractivity contribution is -0.118. The molecule has 0 saturated carbocycles. The van der Waals surface area contributed by atoms with Crippen molar-refractivity contribution in [3.05, 3.63) is 71.5 Å². The number of aryl methyl sites for hydroxylation is 2. The van der Waals surface area contributed by atoms with Crippen molar-refractivity contribution in [3.63, 3.8) is 0 Å². The van der Waals surface area contributed by atoms with E-state index >= 15 is 0 Å². The fourth-order valence-electron chi connectivity index (χ4n) is 4.34. The Labute approximate surface area is 207 Å². The average molecular weight is 478 g/mol. The van der Waals surface area contributed by atoms with E-state index in [1.54, 1.807) is 6.20 Å². The van der Waals surface area contributed by atoms with Gasteiger partial charge in [0.15, 0.2) is 5.16 Å². The fraction of sp³-hybridized carbons (Fsp3) is 0.407. The molecule has 1 aliphatic rings. The van der Waals surface area contributed by atoms with E-state index in [9.17, 15) is 4.79 Å². The summed E-state index contributed by atoms with van der Waals surface area (Å²) in [6.07, 6.45) is 4.72. The van der Waals surface area contributed by atoms with Crippen molar-refractivity contribution in [2.24, 2.45) is 0 Å².